The third-order valence-corrected chi connectivity index (χ3v) is 2.49. The second-order valence-corrected chi connectivity index (χ2v) is 4.33. The van der Waals surface area contributed by atoms with E-state index in [2.05, 4.69) is 19.2 Å². The predicted molar refractivity (Wildman–Crippen MR) is 64.5 cm³/mol. The van der Waals surface area contributed by atoms with Crippen LogP contribution in [0, 0.1) is 0 Å². The Balaban J connectivity index is 2.70. The lowest BCUT2D eigenvalue weighted by Gasteiger charge is -2.11. The molecule has 0 saturated carbocycles. The highest BCUT2D eigenvalue weighted by Crippen LogP contribution is 2.14. The number of benzene rings is 1. The van der Waals surface area contributed by atoms with Gasteiger partial charge in [-0.3, -0.25) is 4.79 Å². The van der Waals surface area contributed by atoms with Crippen molar-refractivity contribution < 1.29 is 9.90 Å². The Labute approximate surface area is 96.5 Å². The third-order valence-electron chi connectivity index (χ3n) is 2.49. The molecule has 0 saturated heterocycles. The van der Waals surface area contributed by atoms with E-state index in [0.717, 1.165) is 0 Å². The van der Waals surface area contributed by atoms with E-state index in [1.807, 2.05) is 24.3 Å². The zero-order chi connectivity index (χ0) is 12.1. The van der Waals surface area contributed by atoms with Crippen molar-refractivity contribution in [3.05, 3.63) is 35.4 Å². The molecule has 0 fully saturated rings. The van der Waals surface area contributed by atoms with E-state index in [4.69, 9.17) is 5.11 Å². The van der Waals surface area contributed by atoms with Gasteiger partial charge in [-0.05, 0) is 30.5 Å². The molecule has 0 radical (unpaired) electrons. The van der Waals surface area contributed by atoms with Gasteiger partial charge < -0.3 is 10.4 Å². The zero-order valence-electron chi connectivity index (χ0n) is 10.0. The second kappa shape index (κ2) is 5.66. The van der Waals surface area contributed by atoms with Gasteiger partial charge in [0.05, 0.1) is 6.61 Å². The van der Waals surface area contributed by atoms with Crippen LogP contribution in [-0.4, -0.2) is 23.7 Å². The molecule has 1 unspecified atom stereocenters. The minimum Gasteiger partial charge on any atom is -0.394 e. The normalized spacial score (nSPS) is 12.6. The number of hydrogen-bond donors (Lipinski definition) is 2. The lowest BCUT2D eigenvalue weighted by molar-refractivity contribution is 0.0922. The first-order valence-corrected chi connectivity index (χ1v) is 5.56. The molecular formula is C13H19NO2. The molecule has 3 nitrogen and oxygen atoms in total. The quantitative estimate of drug-likeness (QED) is 0.816. The molecule has 1 aromatic rings. The molecule has 3 heteroatoms. The Bertz CT molecular complexity index is 343. The van der Waals surface area contributed by atoms with Gasteiger partial charge in [0.25, 0.3) is 5.91 Å². The van der Waals surface area contributed by atoms with E-state index in [1.165, 1.54) is 5.56 Å². The average molecular weight is 221 g/mol. The summed E-state index contributed by atoms with van der Waals surface area (Å²) in [7, 11) is 0. The van der Waals surface area contributed by atoms with Crippen molar-refractivity contribution in [1.82, 2.24) is 5.32 Å². The van der Waals surface area contributed by atoms with Gasteiger partial charge in [0.2, 0.25) is 0 Å². The minimum atomic E-state index is -0.211. The maximum Gasteiger partial charge on any atom is 0.251 e. The highest BCUT2D eigenvalue weighted by Gasteiger charge is 2.09. The number of carbonyl (C=O) groups excluding carboxylic acids is 1. The van der Waals surface area contributed by atoms with Crippen LogP contribution in [0.15, 0.2) is 24.3 Å². The van der Waals surface area contributed by atoms with E-state index in [0.29, 0.717) is 11.5 Å². The first-order valence-electron chi connectivity index (χ1n) is 5.56. The number of aliphatic hydroxyl groups excluding tert-OH is 1. The van der Waals surface area contributed by atoms with E-state index in [9.17, 15) is 4.79 Å². The molecule has 0 bridgehead atoms. The van der Waals surface area contributed by atoms with Crippen LogP contribution in [0.5, 0.6) is 0 Å². The van der Waals surface area contributed by atoms with Gasteiger partial charge in [0.1, 0.15) is 0 Å². The summed E-state index contributed by atoms with van der Waals surface area (Å²) in [4.78, 5) is 11.7. The smallest absolute Gasteiger partial charge is 0.251 e. The van der Waals surface area contributed by atoms with Crippen molar-refractivity contribution in [2.75, 3.05) is 6.61 Å². The van der Waals surface area contributed by atoms with Gasteiger partial charge in [-0.25, -0.2) is 0 Å². The largest absolute Gasteiger partial charge is 0.394 e. The Morgan fingerprint density at radius 1 is 1.25 bits per heavy atom. The molecule has 1 rings (SSSR count). The Hall–Kier alpha value is -1.35. The summed E-state index contributed by atoms with van der Waals surface area (Å²) in [6.07, 6.45) is 0. The van der Waals surface area contributed by atoms with Crippen molar-refractivity contribution in [2.45, 2.75) is 32.7 Å². The topological polar surface area (TPSA) is 49.3 Å². The molecule has 0 aliphatic rings. The molecule has 1 amide bonds. The fraction of sp³-hybridized carbons (Fsp3) is 0.462. The SMILES string of the molecule is CC(CO)NC(=O)c1ccc(C(C)C)cc1. The van der Waals surface area contributed by atoms with Gasteiger partial charge in [0, 0.05) is 11.6 Å². The Morgan fingerprint density at radius 2 is 1.81 bits per heavy atom. The summed E-state index contributed by atoms with van der Waals surface area (Å²) in [5.41, 5.74) is 1.84. The standard InChI is InChI=1S/C13H19NO2/c1-9(2)11-4-6-12(7-5-11)13(16)14-10(3)8-15/h4-7,9-10,15H,8H2,1-3H3,(H,14,16). The molecular weight excluding hydrogens is 202 g/mol. The van der Waals surface area contributed by atoms with Crippen molar-refractivity contribution in [3.8, 4) is 0 Å². The number of rotatable bonds is 4. The molecule has 1 atom stereocenters. The number of aliphatic hydroxyl groups is 1. The first kappa shape index (κ1) is 12.7. The lowest BCUT2D eigenvalue weighted by atomic mass is 10.0. The predicted octanol–water partition coefficient (Wildman–Crippen LogP) is 1.92. The molecule has 0 aliphatic carbocycles. The number of hydrogen-bond acceptors (Lipinski definition) is 2. The summed E-state index contributed by atoms with van der Waals surface area (Å²) in [5, 5.41) is 11.5. The fourth-order valence-corrected chi connectivity index (χ4v) is 1.37. The molecule has 0 heterocycles. The minimum absolute atomic E-state index is 0.0458. The number of amides is 1. The molecule has 0 aromatic heterocycles. The average Bonchev–Trinajstić information content (AvgIpc) is 2.28. The van der Waals surface area contributed by atoms with Crippen LogP contribution in [0.25, 0.3) is 0 Å². The summed E-state index contributed by atoms with van der Waals surface area (Å²) >= 11 is 0. The summed E-state index contributed by atoms with van der Waals surface area (Å²) < 4.78 is 0. The molecule has 88 valence electrons. The Morgan fingerprint density at radius 3 is 2.25 bits per heavy atom. The molecule has 0 spiro atoms. The third kappa shape index (κ3) is 3.35. The van der Waals surface area contributed by atoms with E-state index in [-0.39, 0.29) is 18.6 Å². The van der Waals surface area contributed by atoms with E-state index in [1.54, 1.807) is 6.92 Å². The molecule has 16 heavy (non-hydrogen) atoms. The van der Waals surface area contributed by atoms with Crippen LogP contribution in [0.4, 0.5) is 0 Å². The fourth-order valence-electron chi connectivity index (χ4n) is 1.37. The van der Waals surface area contributed by atoms with Crippen LogP contribution in [0.2, 0.25) is 0 Å². The van der Waals surface area contributed by atoms with E-state index >= 15 is 0 Å². The van der Waals surface area contributed by atoms with Crippen LogP contribution < -0.4 is 5.32 Å². The zero-order valence-corrected chi connectivity index (χ0v) is 10.0. The second-order valence-electron chi connectivity index (χ2n) is 4.33. The first-order chi connectivity index (χ1) is 7.54. The summed E-state index contributed by atoms with van der Waals surface area (Å²) in [6, 6.07) is 7.34. The van der Waals surface area contributed by atoms with Crippen LogP contribution in [0.1, 0.15) is 42.6 Å². The van der Waals surface area contributed by atoms with Crippen molar-refractivity contribution >= 4 is 5.91 Å². The van der Waals surface area contributed by atoms with Gasteiger partial charge >= 0.3 is 0 Å². The van der Waals surface area contributed by atoms with Gasteiger partial charge in [0.15, 0.2) is 0 Å². The maximum atomic E-state index is 11.7. The highest BCUT2D eigenvalue weighted by molar-refractivity contribution is 5.94. The van der Waals surface area contributed by atoms with Crippen LogP contribution in [-0.2, 0) is 0 Å². The maximum absolute atomic E-state index is 11.7. The van der Waals surface area contributed by atoms with Crippen molar-refractivity contribution in [2.24, 2.45) is 0 Å². The summed E-state index contributed by atoms with van der Waals surface area (Å²) in [5.74, 6) is 0.324. The lowest BCUT2D eigenvalue weighted by Crippen LogP contribution is -2.34. The Kier molecular flexibility index (Phi) is 4.50. The summed E-state index contributed by atoms with van der Waals surface area (Å²) in [6.45, 7) is 5.95. The van der Waals surface area contributed by atoms with Crippen molar-refractivity contribution in [3.63, 3.8) is 0 Å². The molecule has 2 N–H and O–H groups in total. The molecule has 0 aliphatic heterocycles. The van der Waals surface area contributed by atoms with E-state index < -0.39 is 0 Å². The molecule has 1 aromatic carbocycles. The monoisotopic (exact) mass is 221 g/mol. The van der Waals surface area contributed by atoms with Gasteiger partial charge in [-0.1, -0.05) is 26.0 Å². The van der Waals surface area contributed by atoms with Gasteiger partial charge in [-0.2, -0.15) is 0 Å². The van der Waals surface area contributed by atoms with Crippen molar-refractivity contribution in [1.29, 1.82) is 0 Å². The number of nitrogens with one attached hydrogen (secondary N) is 1. The van der Waals surface area contributed by atoms with Crippen LogP contribution in [0.3, 0.4) is 0 Å². The number of carbonyl (C=O) groups is 1. The van der Waals surface area contributed by atoms with Gasteiger partial charge in [-0.15, -0.1) is 0 Å². The van der Waals surface area contributed by atoms with Crippen LogP contribution >= 0.6 is 0 Å². The highest BCUT2D eigenvalue weighted by atomic mass is 16.3.